The fraction of sp³-hybridized carbons (Fsp3) is 0.250. The first-order chi connectivity index (χ1) is 12.6. The molecule has 136 valence electrons. The minimum absolute atomic E-state index is 0.124. The van der Waals surface area contributed by atoms with Gasteiger partial charge in [-0.3, -0.25) is 4.79 Å². The molecule has 4 nitrogen and oxygen atoms in total. The maximum Gasteiger partial charge on any atom is 0.387 e. The Labute approximate surface area is 150 Å². The van der Waals surface area contributed by atoms with Crippen LogP contribution in [0, 0.1) is 0 Å². The van der Waals surface area contributed by atoms with Gasteiger partial charge in [-0.15, -0.1) is 0 Å². The highest BCUT2D eigenvalue weighted by atomic mass is 19.3. The molecule has 0 bridgehead atoms. The van der Waals surface area contributed by atoms with E-state index in [-0.39, 0.29) is 11.7 Å². The van der Waals surface area contributed by atoms with Gasteiger partial charge in [-0.05, 0) is 43.2 Å². The molecule has 26 heavy (non-hydrogen) atoms. The summed E-state index contributed by atoms with van der Waals surface area (Å²) in [6.07, 6.45) is 0.604. The zero-order valence-electron chi connectivity index (χ0n) is 14.4. The van der Waals surface area contributed by atoms with Crippen LogP contribution < -0.4 is 10.1 Å². The predicted molar refractivity (Wildman–Crippen MR) is 96.7 cm³/mol. The smallest absolute Gasteiger partial charge is 0.387 e. The lowest BCUT2D eigenvalue weighted by atomic mass is 10.1. The standard InChI is InChI=1S/C20H20F2N2O2/c1-2-24-17-6-4-3-5-15(17)13-18(24)19(25)23-12-11-14-7-9-16(10-8-14)26-20(21)22/h3-10,13,20H,2,11-12H2,1H3,(H,23,25). The van der Waals surface area contributed by atoms with Crippen molar-refractivity contribution in [1.82, 2.24) is 9.88 Å². The highest BCUT2D eigenvalue weighted by Gasteiger charge is 2.14. The van der Waals surface area contributed by atoms with E-state index in [1.54, 1.807) is 12.1 Å². The maximum absolute atomic E-state index is 12.5. The van der Waals surface area contributed by atoms with Gasteiger partial charge in [0, 0.05) is 24.0 Å². The van der Waals surface area contributed by atoms with Crippen molar-refractivity contribution in [3.05, 3.63) is 65.9 Å². The average molecular weight is 358 g/mol. The summed E-state index contributed by atoms with van der Waals surface area (Å²) < 4.78 is 30.6. The van der Waals surface area contributed by atoms with E-state index in [1.165, 1.54) is 12.1 Å². The van der Waals surface area contributed by atoms with Gasteiger partial charge in [0.2, 0.25) is 0 Å². The van der Waals surface area contributed by atoms with Gasteiger partial charge in [0.25, 0.3) is 5.91 Å². The van der Waals surface area contributed by atoms with Crippen LogP contribution >= 0.6 is 0 Å². The van der Waals surface area contributed by atoms with Crippen LogP contribution in [0.2, 0.25) is 0 Å². The van der Waals surface area contributed by atoms with Crippen molar-refractivity contribution in [2.45, 2.75) is 26.5 Å². The summed E-state index contributed by atoms with van der Waals surface area (Å²) in [5.41, 5.74) is 2.60. The number of aryl methyl sites for hydroxylation is 1. The normalized spacial score (nSPS) is 11.1. The molecule has 0 saturated heterocycles. The van der Waals surface area contributed by atoms with E-state index in [4.69, 9.17) is 0 Å². The number of ether oxygens (including phenoxy) is 1. The molecular weight excluding hydrogens is 338 g/mol. The second kappa shape index (κ2) is 7.99. The van der Waals surface area contributed by atoms with Crippen LogP contribution in [0.25, 0.3) is 10.9 Å². The van der Waals surface area contributed by atoms with Crippen LogP contribution in [0.3, 0.4) is 0 Å². The van der Waals surface area contributed by atoms with E-state index in [2.05, 4.69) is 10.1 Å². The third-order valence-corrected chi connectivity index (χ3v) is 4.21. The number of fused-ring (bicyclic) bond motifs is 1. The van der Waals surface area contributed by atoms with Crippen LogP contribution in [0.1, 0.15) is 23.0 Å². The molecule has 1 amide bonds. The summed E-state index contributed by atoms with van der Waals surface area (Å²) in [7, 11) is 0. The Morgan fingerprint density at radius 2 is 1.88 bits per heavy atom. The molecule has 0 aliphatic heterocycles. The Morgan fingerprint density at radius 3 is 2.58 bits per heavy atom. The van der Waals surface area contributed by atoms with Crippen molar-refractivity contribution in [3.8, 4) is 5.75 Å². The Kier molecular flexibility index (Phi) is 5.51. The van der Waals surface area contributed by atoms with Crippen molar-refractivity contribution in [3.63, 3.8) is 0 Å². The number of hydrogen-bond donors (Lipinski definition) is 1. The number of halogens is 2. The summed E-state index contributed by atoms with van der Waals surface area (Å²) in [5.74, 6) is 0.000882. The molecule has 6 heteroatoms. The van der Waals surface area contributed by atoms with Crippen LogP contribution in [0.4, 0.5) is 8.78 Å². The van der Waals surface area contributed by atoms with Crippen LogP contribution in [0.5, 0.6) is 5.75 Å². The third kappa shape index (κ3) is 4.02. The number of hydrogen-bond acceptors (Lipinski definition) is 2. The number of nitrogens with zero attached hydrogens (tertiary/aromatic N) is 1. The van der Waals surface area contributed by atoms with E-state index in [1.807, 2.05) is 41.8 Å². The maximum atomic E-state index is 12.5. The summed E-state index contributed by atoms with van der Waals surface area (Å²) in [4.78, 5) is 12.5. The Bertz CT molecular complexity index is 888. The highest BCUT2D eigenvalue weighted by Crippen LogP contribution is 2.20. The predicted octanol–water partition coefficient (Wildman–Crippen LogP) is 4.24. The van der Waals surface area contributed by atoms with Crippen molar-refractivity contribution in [2.24, 2.45) is 0 Å². The quantitative estimate of drug-likeness (QED) is 0.687. The summed E-state index contributed by atoms with van der Waals surface area (Å²) in [6, 6.07) is 16.2. The number of carbonyl (C=O) groups is 1. The van der Waals surface area contributed by atoms with Crippen molar-refractivity contribution in [2.75, 3.05) is 6.54 Å². The molecule has 1 N–H and O–H groups in total. The van der Waals surface area contributed by atoms with E-state index < -0.39 is 6.61 Å². The van der Waals surface area contributed by atoms with E-state index in [9.17, 15) is 13.6 Å². The fourth-order valence-electron chi connectivity index (χ4n) is 2.99. The molecule has 0 aliphatic rings. The molecule has 2 aromatic carbocycles. The minimum Gasteiger partial charge on any atom is -0.435 e. The lowest BCUT2D eigenvalue weighted by Gasteiger charge is -2.09. The topological polar surface area (TPSA) is 43.3 Å². The molecule has 3 aromatic rings. The zero-order chi connectivity index (χ0) is 18.5. The van der Waals surface area contributed by atoms with E-state index in [0.717, 1.165) is 16.5 Å². The molecule has 0 fully saturated rings. The first-order valence-corrected chi connectivity index (χ1v) is 8.48. The SMILES string of the molecule is CCn1c(C(=O)NCCc2ccc(OC(F)F)cc2)cc2ccccc21. The zero-order valence-corrected chi connectivity index (χ0v) is 14.4. The van der Waals surface area contributed by atoms with Gasteiger partial charge in [0.1, 0.15) is 11.4 Å². The van der Waals surface area contributed by atoms with Crippen molar-refractivity contribution >= 4 is 16.8 Å². The summed E-state index contributed by atoms with van der Waals surface area (Å²) >= 11 is 0. The second-order valence-electron chi connectivity index (χ2n) is 5.86. The van der Waals surface area contributed by atoms with Crippen LogP contribution in [-0.2, 0) is 13.0 Å². The largest absolute Gasteiger partial charge is 0.435 e. The minimum atomic E-state index is -2.83. The Balaban J connectivity index is 1.61. The lowest BCUT2D eigenvalue weighted by molar-refractivity contribution is -0.0498. The number of alkyl halides is 2. The first-order valence-electron chi connectivity index (χ1n) is 8.48. The molecular formula is C20H20F2N2O2. The number of nitrogens with one attached hydrogen (secondary N) is 1. The molecule has 0 atom stereocenters. The number of benzene rings is 2. The van der Waals surface area contributed by atoms with Gasteiger partial charge < -0.3 is 14.6 Å². The summed E-state index contributed by atoms with van der Waals surface area (Å²) in [6.45, 7) is 0.346. The Hall–Kier alpha value is -2.89. The van der Waals surface area contributed by atoms with Crippen LogP contribution in [0.15, 0.2) is 54.6 Å². The third-order valence-electron chi connectivity index (χ3n) is 4.21. The summed E-state index contributed by atoms with van der Waals surface area (Å²) in [5, 5.41) is 3.96. The first kappa shape index (κ1) is 17.9. The highest BCUT2D eigenvalue weighted by molar-refractivity contribution is 5.98. The van der Waals surface area contributed by atoms with E-state index >= 15 is 0 Å². The van der Waals surface area contributed by atoms with Gasteiger partial charge in [0.05, 0.1) is 0 Å². The average Bonchev–Trinajstić information content (AvgIpc) is 3.01. The molecule has 0 radical (unpaired) electrons. The van der Waals surface area contributed by atoms with Crippen molar-refractivity contribution < 1.29 is 18.3 Å². The van der Waals surface area contributed by atoms with Gasteiger partial charge in [-0.25, -0.2) is 0 Å². The molecule has 3 rings (SSSR count). The lowest BCUT2D eigenvalue weighted by Crippen LogP contribution is -2.27. The Morgan fingerprint density at radius 1 is 1.15 bits per heavy atom. The number of aromatic nitrogens is 1. The second-order valence-corrected chi connectivity index (χ2v) is 5.86. The van der Waals surface area contributed by atoms with E-state index in [0.29, 0.717) is 25.2 Å². The fourth-order valence-corrected chi connectivity index (χ4v) is 2.99. The molecule has 0 unspecified atom stereocenters. The number of amides is 1. The number of carbonyl (C=O) groups excluding carboxylic acids is 1. The molecule has 1 heterocycles. The molecule has 0 saturated carbocycles. The van der Waals surface area contributed by atoms with Crippen molar-refractivity contribution in [1.29, 1.82) is 0 Å². The molecule has 0 aliphatic carbocycles. The van der Waals surface area contributed by atoms with Gasteiger partial charge in [0.15, 0.2) is 0 Å². The molecule has 0 spiro atoms. The van der Waals surface area contributed by atoms with Gasteiger partial charge in [-0.1, -0.05) is 30.3 Å². The van der Waals surface area contributed by atoms with Gasteiger partial charge >= 0.3 is 6.61 Å². The monoisotopic (exact) mass is 358 g/mol. The van der Waals surface area contributed by atoms with Crippen LogP contribution in [-0.4, -0.2) is 23.6 Å². The van der Waals surface area contributed by atoms with Gasteiger partial charge in [-0.2, -0.15) is 8.78 Å². The number of rotatable bonds is 7. The molecule has 1 aromatic heterocycles. The number of para-hydroxylation sites is 1.